The molecule has 3 rings (SSSR count). The van der Waals surface area contributed by atoms with Gasteiger partial charge in [-0.15, -0.1) is 0 Å². The SMILES string of the molecule is Cc1nn(C)c(NCc2ccc(Br)cc2N2CCOCC2)c1[N+](=O)[O-]. The monoisotopic (exact) mass is 409 g/mol. The zero-order valence-corrected chi connectivity index (χ0v) is 15.7. The van der Waals surface area contributed by atoms with Crippen molar-refractivity contribution in [2.75, 3.05) is 36.5 Å². The molecule has 8 nitrogen and oxygen atoms in total. The first-order valence-electron chi connectivity index (χ1n) is 8.00. The predicted octanol–water partition coefficient (Wildman–Crippen LogP) is 2.85. The summed E-state index contributed by atoms with van der Waals surface area (Å²) >= 11 is 3.52. The zero-order chi connectivity index (χ0) is 18.0. The van der Waals surface area contributed by atoms with Gasteiger partial charge in [0.15, 0.2) is 0 Å². The van der Waals surface area contributed by atoms with Crippen molar-refractivity contribution in [3.63, 3.8) is 0 Å². The molecule has 1 aliphatic heterocycles. The minimum Gasteiger partial charge on any atom is -0.378 e. The molecule has 134 valence electrons. The maximum absolute atomic E-state index is 11.3. The van der Waals surface area contributed by atoms with E-state index >= 15 is 0 Å². The van der Waals surface area contributed by atoms with Gasteiger partial charge in [0.25, 0.3) is 0 Å². The quantitative estimate of drug-likeness (QED) is 0.603. The highest BCUT2D eigenvalue weighted by Gasteiger charge is 2.24. The third-order valence-corrected chi connectivity index (χ3v) is 4.71. The summed E-state index contributed by atoms with van der Waals surface area (Å²) in [6, 6.07) is 6.08. The van der Waals surface area contributed by atoms with Crippen molar-refractivity contribution in [3.8, 4) is 0 Å². The lowest BCUT2D eigenvalue weighted by Crippen LogP contribution is -2.37. The van der Waals surface area contributed by atoms with E-state index in [1.165, 1.54) is 4.68 Å². The van der Waals surface area contributed by atoms with E-state index in [0.717, 1.165) is 28.8 Å². The summed E-state index contributed by atoms with van der Waals surface area (Å²) in [5.41, 5.74) is 2.59. The summed E-state index contributed by atoms with van der Waals surface area (Å²) < 4.78 is 7.94. The molecular formula is C16H20BrN5O3. The van der Waals surface area contributed by atoms with Gasteiger partial charge in [-0.1, -0.05) is 22.0 Å². The van der Waals surface area contributed by atoms with Gasteiger partial charge < -0.3 is 15.0 Å². The molecule has 9 heteroatoms. The molecule has 1 aromatic heterocycles. The normalized spacial score (nSPS) is 14.6. The highest BCUT2D eigenvalue weighted by Crippen LogP contribution is 2.30. The summed E-state index contributed by atoms with van der Waals surface area (Å²) in [6.45, 7) is 5.17. The van der Waals surface area contributed by atoms with Gasteiger partial charge in [0.2, 0.25) is 5.82 Å². The zero-order valence-electron chi connectivity index (χ0n) is 14.2. The molecular weight excluding hydrogens is 390 g/mol. The van der Waals surface area contributed by atoms with Crippen molar-refractivity contribution in [1.29, 1.82) is 0 Å². The highest BCUT2D eigenvalue weighted by atomic mass is 79.9. The van der Waals surface area contributed by atoms with Crippen LogP contribution in [0.5, 0.6) is 0 Å². The van der Waals surface area contributed by atoms with Gasteiger partial charge in [0.05, 0.1) is 18.1 Å². The van der Waals surface area contributed by atoms with E-state index in [4.69, 9.17) is 4.74 Å². The lowest BCUT2D eigenvalue weighted by Gasteiger charge is -2.31. The molecule has 0 atom stereocenters. The average molecular weight is 410 g/mol. The van der Waals surface area contributed by atoms with Crippen LogP contribution in [-0.2, 0) is 18.3 Å². The fraction of sp³-hybridized carbons (Fsp3) is 0.438. The van der Waals surface area contributed by atoms with E-state index in [-0.39, 0.29) is 5.69 Å². The third-order valence-electron chi connectivity index (χ3n) is 4.22. The van der Waals surface area contributed by atoms with E-state index in [1.807, 2.05) is 12.1 Å². The van der Waals surface area contributed by atoms with Crippen LogP contribution >= 0.6 is 15.9 Å². The molecule has 0 radical (unpaired) electrons. The smallest absolute Gasteiger partial charge is 0.333 e. The number of morpholine rings is 1. The largest absolute Gasteiger partial charge is 0.378 e. The number of nitro groups is 1. The molecule has 2 heterocycles. The number of nitrogens with one attached hydrogen (secondary N) is 1. The molecule has 0 bridgehead atoms. The lowest BCUT2D eigenvalue weighted by atomic mass is 10.1. The fourth-order valence-corrected chi connectivity index (χ4v) is 3.38. The Kier molecular flexibility index (Phi) is 5.24. The summed E-state index contributed by atoms with van der Waals surface area (Å²) in [5, 5.41) is 18.6. The summed E-state index contributed by atoms with van der Waals surface area (Å²) in [6.07, 6.45) is 0. The Balaban J connectivity index is 1.86. The van der Waals surface area contributed by atoms with Crippen molar-refractivity contribution < 1.29 is 9.66 Å². The molecule has 0 spiro atoms. The van der Waals surface area contributed by atoms with Gasteiger partial charge >= 0.3 is 5.69 Å². The Morgan fingerprint density at radius 2 is 2.12 bits per heavy atom. The van der Waals surface area contributed by atoms with Gasteiger partial charge in [-0.25, -0.2) is 4.68 Å². The Morgan fingerprint density at radius 1 is 1.40 bits per heavy atom. The van der Waals surface area contributed by atoms with Crippen LogP contribution in [0.1, 0.15) is 11.3 Å². The molecule has 0 saturated carbocycles. The van der Waals surface area contributed by atoms with Crippen LogP contribution in [-0.4, -0.2) is 41.0 Å². The molecule has 25 heavy (non-hydrogen) atoms. The number of nitrogens with zero attached hydrogens (tertiary/aromatic N) is 4. The number of anilines is 2. The van der Waals surface area contributed by atoms with Crippen molar-refractivity contribution >= 4 is 33.1 Å². The van der Waals surface area contributed by atoms with Gasteiger partial charge in [-0.3, -0.25) is 10.1 Å². The standard InChI is InChI=1S/C16H20BrN5O3/c1-11-15(22(23)24)16(20(2)19-11)18-10-12-3-4-13(17)9-14(12)21-5-7-25-8-6-21/h3-4,9,18H,5-8,10H2,1-2H3. The van der Waals surface area contributed by atoms with Crippen molar-refractivity contribution in [3.05, 3.63) is 44.0 Å². The van der Waals surface area contributed by atoms with Crippen LogP contribution in [0.4, 0.5) is 17.2 Å². The molecule has 1 saturated heterocycles. The van der Waals surface area contributed by atoms with Gasteiger partial charge in [0.1, 0.15) is 5.69 Å². The van der Waals surface area contributed by atoms with Gasteiger partial charge in [0, 0.05) is 36.8 Å². The Morgan fingerprint density at radius 3 is 2.80 bits per heavy atom. The molecule has 0 unspecified atom stereocenters. The molecule has 0 amide bonds. The molecule has 2 aromatic rings. The van der Waals surface area contributed by atoms with Crippen LogP contribution in [0.3, 0.4) is 0 Å². The van der Waals surface area contributed by atoms with E-state index < -0.39 is 4.92 Å². The first-order chi connectivity index (χ1) is 12.0. The van der Waals surface area contributed by atoms with Crippen LogP contribution in [0.25, 0.3) is 0 Å². The van der Waals surface area contributed by atoms with E-state index in [2.05, 4.69) is 37.3 Å². The topological polar surface area (TPSA) is 85.5 Å². The molecule has 0 aliphatic carbocycles. The Labute approximate surface area is 154 Å². The summed E-state index contributed by atoms with van der Waals surface area (Å²) in [5.74, 6) is 0.415. The highest BCUT2D eigenvalue weighted by molar-refractivity contribution is 9.10. The van der Waals surface area contributed by atoms with E-state index in [9.17, 15) is 10.1 Å². The lowest BCUT2D eigenvalue weighted by molar-refractivity contribution is -0.384. The summed E-state index contributed by atoms with van der Waals surface area (Å²) in [4.78, 5) is 13.2. The number of hydrogen-bond donors (Lipinski definition) is 1. The Bertz CT molecular complexity index is 786. The maximum Gasteiger partial charge on any atom is 0.333 e. The van der Waals surface area contributed by atoms with Gasteiger partial charge in [-0.2, -0.15) is 5.10 Å². The third kappa shape index (κ3) is 3.77. The Hall–Kier alpha value is -2.13. The number of halogens is 1. The molecule has 1 N–H and O–H groups in total. The average Bonchev–Trinajstić information content (AvgIpc) is 2.88. The number of benzene rings is 1. The number of aryl methyl sites for hydroxylation is 2. The van der Waals surface area contributed by atoms with Crippen molar-refractivity contribution in [2.24, 2.45) is 7.05 Å². The van der Waals surface area contributed by atoms with Gasteiger partial charge in [-0.05, 0) is 24.6 Å². The number of rotatable bonds is 5. The van der Waals surface area contributed by atoms with Crippen LogP contribution in [0.2, 0.25) is 0 Å². The second-order valence-electron chi connectivity index (χ2n) is 5.89. The second kappa shape index (κ2) is 7.40. The minimum absolute atomic E-state index is 0.0209. The molecule has 1 aromatic carbocycles. The minimum atomic E-state index is -0.394. The van der Waals surface area contributed by atoms with Crippen LogP contribution in [0.15, 0.2) is 22.7 Å². The van der Waals surface area contributed by atoms with Crippen molar-refractivity contribution in [1.82, 2.24) is 9.78 Å². The number of hydrogen-bond acceptors (Lipinski definition) is 6. The number of aromatic nitrogens is 2. The van der Waals surface area contributed by atoms with Crippen LogP contribution < -0.4 is 10.2 Å². The number of ether oxygens (including phenoxy) is 1. The summed E-state index contributed by atoms with van der Waals surface area (Å²) in [7, 11) is 1.70. The maximum atomic E-state index is 11.3. The molecule has 1 aliphatic rings. The van der Waals surface area contributed by atoms with E-state index in [1.54, 1.807) is 14.0 Å². The van der Waals surface area contributed by atoms with Crippen LogP contribution in [0, 0.1) is 17.0 Å². The first-order valence-corrected chi connectivity index (χ1v) is 8.79. The van der Waals surface area contributed by atoms with Crippen molar-refractivity contribution in [2.45, 2.75) is 13.5 Å². The van der Waals surface area contributed by atoms with E-state index in [0.29, 0.717) is 31.3 Å². The first kappa shape index (κ1) is 17.7. The predicted molar refractivity (Wildman–Crippen MR) is 99.1 cm³/mol. The fourth-order valence-electron chi connectivity index (χ4n) is 3.03. The molecule has 1 fully saturated rings. The second-order valence-corrected chi connectivity index (χ2v) is 6.81.